The Hall–Kier alpha value is -4.36. The van der Waals surface area contributed by atoms with Crippen molar-refractivity contribution in [3.8, 4) is 5.75 Å². The maximum Gasteiger partial charge on any atom is 0.418 e. The summed E-state index contributed by atoms with van der Waals surface area (Å²) < 4.78 is 43.3. The highest BCUT2D eigenvalue weighted by molar-refractivity contribution is 8.00. The van der Waals surface area contributed by atoms with E-state index in [0.29, 0.717) is 26.1 Å². The van der Waals surface area contributed by atoms with Gasteiger partial charge < -0.3 is 10.4 Å². The number of aromatic nitrogens is 1. The number of thiazole rings is 1. The highest BCUT2D eigenvalue weighted by Crippen LogP contribution is 2.54. The van der Waals surface area contributed by atoms with Crippen molar-refractivity contribution in [2.75, 3.05) is 10.2 Å². The Labute approximate surface area is 269 Å². The summed E-state index contributed by atoms with van der Waals surface area (Å²) in [5, 5.41) is 11.4. The molecule has 0 saturated carbocycles. The monoisotopic (exact) mass is 667 g/mol. The number of imide groups is 1. The van der Waals surface area contributed by atoms with Crippen LogP contribution in [0.5, 0.6) is 5.75 Å². The average molecular weight is 668 g/mol. The maximum absolute atomic E-state index is 14.1. The summed E-state index contributed by atoms with van der Waals surface area (Å²) in [7, 11) is 0. The minimum Gasteiger partial charge on any atom is -0.508 e. The van der Waals surface area contributed by atoms with Crippen LogP contribution in [0.2, 0.25) is 0 Å². The number of halogens is 3. The number of nitrogens with one attached hydrogen (secondary N) is 1. The second kappa shape index (κ2) is 11.5. The number of benzene rings is 3. The molecular formula is C33H28F3N3O5S2. The van der Waals surface area contributed by atoms with E-state index in [1.165, 1.54) is 41.0 Å². The first-order valence-corrected chi connectivity index (χ1v) is 16.0. The molecule has 2 N–H and O–H groups in total. The number of carbonyl (C=O) groups excluding carboxylic acids is 3. The van der Waals surface area contributed by atoms with E-state index in [-0.39, 0.29) is 11.2 Å². The number of rotatable bonds is 5. The van der Waals surface area contributed by atoms with Gasteiger partial charge in [0.2, 0.25) is 17.7 Å². The smallest absolute Gasteiger partial charge is 0.418 e. The number of thioether (sulfide) groups is 1. The number of para-hydroxylation sites is 1. The largest absolute Gasteiger partial charge is 0.508 e. The van der Waals surface area contributed by atoms with Gasteiger partial charge in [0.15, 0.2) is 0 Å². The van der Waals surface area contributed by atoms with Crippen LogP contribution in [0.4, 0.5) is 24.5 Å². The van der Waals surface area contributed by atoms with Gasteiger partial charge in [0.25, 0.3) is 0 Å². The topological polar surface area (TPSA) is 109 Å². The molecule has 1 aromatic heterocycles. The molecule has 2 aliphatic rings. The van der Waals surface area contributed by atoms with Crippen molar-refractivity contribution in [2.24, 2.45) is 5.92 Å². The molecule has 4 aromatic rings. The van der Waals surface area contributed by atoms with Crippen LogP contribution in [-0.4, -0.2) is 32.6 Å². The van der Waals surface area contributed by atoms with E-state index in [4.69, 9.17) is 0 Å². The van der Waals surface area contributed by atoms with Crippen LogP contribution in [0.15, 0.2) is 82.6 Å². The van der Waals surface area contributed by atoms with Crippen LogP contribution in [-0.2, 0) is 32.5 Å². The lowest BCUT2D eigenvalue weighted by Crippen LogP contribution is -2.33. The van der Waals surface area contributed by atoms with Gasteiger partial charge in [-0.2, -0.15) is 13.2 Å². The summed E-state index contributed by atoms with van der Waals surface area (Å²) in [6.45, 7) is 5.71. The zero-order valence-electron chi connectivity index (χ0n) is 24.8. The second-order valence-corrected chi connectivity index (χ2v) is 14.3. The summed E-state index contributed by atoms with van der Waals surface area (Å²) in [5.41, 5.74) is 0.174. The molecule has 46 heavy (non-hydrogen) atoms. The van der Waals surface area contributed by atoms with Crippen LogP contribution in [0.25, 0.3) is 0 Å². The van der Waals surface area contributed by atoms with E-state index in [9.17, 15) is 37.5 Å². The highest BCUT2D eigenvalue weighted by atomic mass is 32.2. The third-order valence-corrected chi connectivity index (χ3v) is 10.7. The fourth-order valence-corrected chi connectivity index (χ4v) is 8.61. The molecule has 3 amide bonds. The van der Waals surface area contributed by atoms with Crippen molar-refractivity contribution in [1.29, 1.82) is 0 Å². The van der Waals surface area contributed by atoms with Gasteiger partial charge in [-0.05, 0) is 52.9 Å². The van der Waals surface area contributed by atoms with Crippen molar-refractivity contribution in [1.82, 2.24) is 4.57 Å². The molecule has 8 nitrogen and oxygen atoms in total. The number of amides is 3. The van der Waals surface area contributed by atoms with E-state index >= 15 is 0 Å². The van der Waals surface area contributed by atoms with Crippen molar-refractivity contribution >= 4 is 52.2 Å². The molecule has 3 aromatic carbocycles. The van der Waals surface area contributed by atoms with Crippen LogP contribution in [0.1, 0.15) is 48.3 Å². The summed E-state index contributed by atoms with van der Waals surface area (Å²) in [4.78, 5) is 55.1. The zero-order valence-corrected chi connectivity index (χ0v) is 26.4. The van der Waals surface area contributed by atoms with Gasteiger partial charge in [0.05, 0.1) is 22.2 Å². The van der Waals surface area contributed by atoms with Crippen molar-refractivity contribution < 1.29 is 32.7 Å². The van der Waals surface area contributed by atoms with Gasteiger partial charge in [-0.25, -0.2) is 4.90 Å². The summed E-state index contributed by atoms with van der Waals surface area (Å²) >= 11 is 1.77. The van der Waals surface area contributed by atoms with Crippen molar-refractivity contribution in [3.05, 3.63) is 104 Å². The zero-order chi connectivity index (χ0) is 33.1. The van der Waals surface area contributed by atoms with Crippen LogP contribution in [0, 0.1) is 5.92 Å². The Balaban J connectivity index is 1.44. The van der Waals surface area contributed by atoms with Crippen molar-refractivity contribution in [3.63, 3.8) is 0 Å². The molecule has 2 aliphatic heterocycles. The number of fused-ring (bicyclic) bond motifs is 2. The lowest BCUT2D eigenvalue weighted by atomic mass is 9.81. The molecule has 6 rings (SSSR count). The highest BCUT2D eigenvalue weighted by Gasteiger charge is 2.57. The van der Waals surface area contributed by atoms with Gasteiger partial charge in [-0.3, -0.25) is 23.7 Å². The van der Waals surface area contributed by atoms with E-state index in [0.717, 1.165) is 40.8 Å². The average Bonchev–Trinajstić information content (AvgIpc) is 3.43. The van der Waals surface area contributed by atoms with E-state index in [2.05, 4.69) is 5.32 Å². The van der Waals surface area contributed by atoms with E-state index < -0.39 is 63.7 Å². The maximum atomic E-state index is 14.1. The van der Waals surface area contributed by atoms with Gasteiger partial charge in [-0.1, -0.05) is 80.3 Å². The Bertz CT molecular complexity index is 1910. The van der Waals surface area contributed by atoms with E-state index in [1.54, 1.807) is 0 Å². The molecule has 1 saturated heterocycles. The molecular weight excluding hydrogens is 640 g/mol. The molecule has 0 bridgehead atoms. The molecule has 13 heteroatoms. The molecule has 1 fully saturated rings. The Morgan fingerprint density at radius 3 is 2.20 bits per heavy atom. The molecule has 0 aliphatic carbocycles. The SMILES string of the molecule is CC(C)(C)c1ccc([C@@H]2c3sc(=O)n(CC(=O)Nc4ccc(O)cc4)c3S[C@H]3C(=O)N(c4ccccc4C(F)(F)F)C(=O)[C@@H]23)cc1. The summed E-state index contributed by atoms with van der Waals surface area (Å²) in [5.74, 6) is -4.06. The van der Waals surface area contributed by atoms with Crippen LogP contribution < -0.4 is 15.1 Å². The number of aromatic hydroxyl groups is 1. The third-order valence-electron chi connectivity index (χ3n) is 8.09. The lowest BCUT2D eigenvalue weighted by molar-refractivity contribution is -0.137. The minimum atomic E-state index is -4.82. The van der Waals surface area contributed by atoms with Crippen LogP contribution >= 0.6 is 23.1 Å². The predicted molar refractivity (Wildman–Crippen MR) is 169 cm³/mol. The first-order valence-electron chi connectivity index (χ1n) is 14.3. The first-order chi connectivity index (χ1) is 21.6. The standard InChI is InChI=1S/C33H28F3N3O5S2/c1-32(2,3)18-10-8-17(9-11-18)24-25-26(29(43)39(28(25)42)22-7-5-4-6-21(22)33(34,35)36)45-30-27(24)46-31(44)38(30)16-23(41)37-19-12-14-20(40)15-13-19/h4-15,24-26,40H,16H2,1-3H3,(H,37,41)/t24-,25-,26+/m0/s1. The lowest BCUT2D eigenvalue weighted by Gasteiger charge is -2.31. The molecule has 0 spiro atoms. The molecule has 0 unspecified atom stereocenters. The number of phenols is 1. The summed E-state index contributed by atoms with van der Waals surface area (Å²) in [6.07, 6.45) is -4.82. The number of anilines is 2. The third kappa shape index (κ3) is 5.62. The molecule has 3 atom stereocenters. The second-order valence-electron chi connectivity index (χ2n) is 12.2. The van der Waals surface area contributed by atoms with Crippen LogP contribution in [0.3, 0.4) is 0 Å². The first kappa shape index (κ1) is 31.6. The van der Waals surface area contributed by atoms with Gasteiger partial charge in [0.1, 0.15) is 17.5 Å². The number of carbonyl (C=O) groups is 3. The van der Waals surface area contributed by atoms with Gasteiger partial charge in [-0.15, -0.1) is 0 Å². The summed E-state index contributed by atoms with van der Waals surface area (Å²) in [6, 6.07) is 17.7. The fourth-order valence-electron chi connectivity index (χ4n) is 5.84. The van der Waals surface area contributed by atoms with E-state index in [1.807, 2.05) is 45.0 Å². The number of alkyl halides is 3. The Kier molecular flexibility index (Phi) is 7.88. The minimum absolute atomic E-state index is 0.0105. The molecule has 0 radical (unpaired) electrons. The molecule has 238 valence electrons. The van der Waals surface area contributed by atoms with Gasteiger partial charge in [0, 0.05) is 16.5 Å². The normalized spacial score (nSPS) is 19.6. The number of nitrogens with zero attached hydrogens (tertiary/aromatic N) is 2. The molecule has 3 heterocycles. The van der Waals surface area contributed by atoms with Crippen molar-refractivity contribution in [2.45, 2.75) is 55.1 Å². The quantitative estimate of drug-likeness (QED) is 0.189. The number of hydrogen-bond acceptors (Lipinski definition) is 7. The number of hydrogen-bond donors (Lipinski definition) is 2. The fraction of sp³-hybridized carbons (Fsp3) is 0.273. The Morgan fingerprint density at radius 2 is 1.57 bits per heavy atom. The number of phenolic OH excluding ortho intramolecular Hbond substituents is 1. The van der Waals surface area contributed by atoms with Gasteiger partial charge >= 0.3 is 11.0 Å². The Morgan fingerprint density at radius 1 is 0.913 bits per heavy atom. The predicted octanol–water partition coefficient (Wildman–Crippen LogP) is 6.37.